The lowest BCUT2D eigenvalue weighted by Crippen LogP contribution is -2.14. The second kappa shape index (κ2) is 4.60. The summed E-state index contributed by atoms with van der Waals surface area (Å²) in [5, 5.41) is 0. The van der Waals surface area contributed by atoms with Crippen LogP contribution >= 0.6 is 0 Å². The summed E-state index contributed by atoms with van der Waals surface area (Å²) < 4.78 is 0. The van der Waals surface area contributed by atoms with Crippen molar-refractivity contribution in [3.63, 3.8) is 0 Å². The van der Waals surface area contributed by atoms with Crippen molar-refractivity contribution in [3.8, 4) is 0 Å². The summed E-state index contributed by atoms with van der Waals surface area (Å²) in [5.74, 6) is 0. The van der Waals surface area contributed by atoms with Crippen molar-refractivity contribution in [2.75, 3.05) is 5.73 Å². The van der Waals surface area contributed by atoms with Gasteiger partial charge in [0.2, 0.25) is 0 Å². The third-order valence-electron chi connectivity index (χ3n) is 2.98. The minimum atomic E-state index is -0.157. The molecule has 2 aromatic carbocycles. The van der Waals surface area contributed by atoms with Crippen molar-refractivity contribution >= 4 is 5.69 Å². The van der Waals surface area contributed by atoms with Crippen molar-refractivity contribution < 1.29 is 0 Å². The Kier molecular flexibility index (Phi) is 3.16. The van der Waals surface area contributed by atoms with Crippen LogP contribution in [0.1, 0.15) is 28.3 Å². The number of anilines is 1. The van der Waals surface area contributed by atoms with Crippen LogP contribution in [0.2, 0.25) is 0 Å². The molecule has 0 fully saturated rings. The lowest BCUT2D eigenvalue weighted by Gasteiger charge is -2.16. The lowest BCUT2D eigenvalue weighted by atomic mass is 9.96. The number of nitrogen functional groups attached to an aromatic ring is 1. The number of hydrogen-bond acceptors (Lipinski definition) is 2. The van der Waals surface area contributed by atoms with Crippen LogP contribution in [-0.4, -0.2) is 0 Å². The van der Waals surface area contributed by atoms with Gasteiger partial charge in [-0.25, -0.2) is 0 Å². The van der Waals surface area contributed by atoms with E-state index in [1.807, 2.05) is 37.3 Å². The Hall–Kier alpha value is -1.80. The fraction of sp³-hybridized carbons (Fsp3) is 0.200. The van der Waals surface area contributed by atoms with E-state index in [-0.39, 0.29) is 6.04 Å². The zero-order valence-corrected chi connectivity index (χ0v) is 10.3. The number of benzene rings is 2. The highest BCUT2D eigenvalue weighted by atomic mass is 14.7. The van der Waals surface area contributed by atoms with Gasteiger partial charge in [-0.15, -0.1) is 0 Å². The first-order chi connectivity index (χ1) is 8.08. The number of hydrogen-bond donors (Lipinski definition) is 2. The first-order valence-electron chi connectivity index (χ1n) is 5.76. The largest absolute Gasteiger partial charge is 0.398 e. The van der Waals surface area contributed by atoms with Crippen molar-refractivity contribution in [3.05, 3.63) is 64.7 Å². The van der Waals surface area contributed by atoms with E-state index in [2.05, 4.69) is 19.1 Å². The molecule has 0 bridgehead atoms. The molecule has 0 aliphatic rings. The molecular formula is C15H18N2. The highest BCUT2D eigenvalue weighted by Gasteiger charge is 2.11. The van der Waals surface area contributed by atoms with Crippen LogP contribution in [-0.2, 0) is 0 Å². The van der Waals surface area contributed by atoms with E-state index in [0.29, 0.717) is 0 Å². The smallest absolute Gasteiger partial charge is 0.0572 e. The summed E-state index contributed by atoms with van der Waals surface area (Å²) in [7, 11) is 0. The molecule has 0 saturated heterocycles. The van der Waals surface area contributed by atoms with Crippen LogP contribution in [0.3, 0.4) is 0 Å². The molecular weight excluding hydrogens is 208 g/mol. The number of rotatable bonds is 2. The van der Waals surface area contributed by atoms with Gasteiger partial charge in [0.05, 0.1) is 6.04 Å². The summed E-state index contributed by atoms with van der Waals surface area (Å²) in [6.45, 7) is 4.09. The van der Waals surface area contributed by atoms with Gasteiger partial charge in [-0.2, -0.15) is 0 Å². The SMILES string of the molecule is Cc1cccc(C(N)c2ccc(C)cc2N)c1. The maximum atomic E-state index is 6.26. The summed E-state index contributed by atoms with van der Waals surface area (Å²) in [6.07, 6.45) is 0. The third-order valence-corrected chi connectivity index (χ3v) is 2.98. The predicted octanol–water partition coefficient (Wildman–Crippen LogP) is 2.93. The normalized spacial score (nSPS) is 12.4. The van der Waals surface area contributed by atoms with Crippen LogP contribution in [0, 0.1) is 13.8 Å². The second-order valence-corrected chi connectivity index (χ2v) is 4.52. The molecule has 1 atom stereocenters. The Morgan fingerprint density at radius 2 is 1.65 bits per heavy atom. The van der Waals surface area contributed by atoms with E-state index in [1.54, 1.807) is 0 Å². The summed E-state index contributed by atoms with van der Waals surface area (Å²) in [4.78, 5) is 0. The van der Waals surface area contributed by atoms with Crippen molar-refractivity contribution in [1.82, 2.24) is 0 Å². The van der Waals surface area contributed by atoms with Gasteiger partial charge >= 0.3 is 0 Å². The van der Waals surface area contributed by atoms with Gasteiger partial charge in [0.25, 0.3) is 0 Å². The quantitative estimate of drug-likeness (QED) is 0.773. The first kappa shape index (κ1) is 11.7. The molecule has 2 rings (SSSR count). The van der Waals surface area contributed by atoms with Gasteiger partial charge in [0, 0.05) is 5.69 Å². The summed E-state index contributed by atoms with van der Waals surface area (Å²) in [5.41, 5.74) is 17.5. The summed E-state index contributed by atoms with van der Waals surface area (Å²) in [6, 6.07) is 14.1. The molecule has 0 amide bonds. The Bertz CT molecular complexity index is 532. The van der Waals surface area contributed by atoms with Crippen LogP contribution in [0.25, 0.3) is 0 Å². The molecule has 4 N–H and O–H groups in total. The van der Waals surface area contributed by atoms with Crippen molar-refractivity contribution in [2.24, 2.45) is 5.73 Å². The Labute approximate surface area is 102 Å². The van der Waals surface area contributed by atoms with E-state index in [1.165, 1.54) is 5.56 Å². The highest BCUT2D eigenvalue weighted by molar-refractivity contribution is 5.53. The molecule has 0 spiro atoms. The molecule has 2 aromatic rings. The molecule has 0 radical (unpaired) electrons. The topological polar surface area (TPSA) is 52.0 Å². The van der Waals surface area contributed by atoms with Gasteiger partial charge in [-0.1, -0.05) is 42.0 Å². The van der Waals surface area contributed by atoms with E-state index < -0.39 is 0 Å². The number of aryl methyl sites for hydroxylation is 2. The first-order valence-corrected chi connectivity index (χ1v) is 5.76. The monoisotopic (exact) mass is 226 g/mol. The fourth-order valence-corrected chi connectivity index (χ4v) is 2.02. The average molecular weight is 226 g/mol. The van der Waals surface area contributed by atoms with Crippen LogP contribution in [0.5, 0.6) is 0 Å². The molecule has 0 aliphatic carbocycles. The fourth-order valence-electron chi connectivity index (χ4n) is 2.02. The Balaban J connectivity index is 2.40. The molecule has 0 heterocycles. The predicted molar refractivity (Wildman–Crippen MR) is 72.8 cm³/mol. The molecule has 0 saturated carbocycles. The molecule has 17 heavy (non-hydrogen) atoms. The minimum absolute atomic E-state index is 0.157. The van der Waals surface area contributed by atoms with Gasteiger partial charge < -0.3 is 11.5 Å². The van der Waals surface area contributed by atoms with E-state index in [4.69, 9.17) is 11.5 Å². The highest BCUT2D eigenvalue weighted by Crippen LogP contribution is 2.25. The third kappa shape index (κ3) is 2.48. The standard InChI is InChI=1S/C15H18N2/c1-10-4-3-5-12(8-10)15(17)13-7-6-11(2)9-14(13)16/h3-9,15H,16-17H2,1-2H3. The Morgan fingerprint density at radius 3 is 2.29 bits per heavy atom. The Morgan fingerprint density at radius 1 is 0.941 bits per heavy atom. The van der Waals surface area contributed by atoms with E-state index in [9.17, 15) is 0 Å². The molecule has 88 valence electrons. The molecule has 0 aliphatic heterocycles. The van der Waals surface area contributed by atoms with Crippen molar-refractivity contribution in [1.29, 1.82) is 0 Å². The second-order valence-electron chi connectivity index (χ2n) is 4.52. The number of nitrogens with two attached hydrogens (primary N) is 2. The van der Waals surface area contributed by atoms with Gasteiger partial charge in [0.15, 0.2) is 0 Å². The van der Waals surface area contributed by atoms with Crippen molar-refractivity contribution in [2.45, 2.75) is 19.9 Å². The minimum Gasteiger partial charge on any atom is -0.398 e. The maximum Gasteiger partial charge on any atom is 0.0572 e. The van der Waals surface area contributed by atoms with E-state index in [0.717, 1.165) is 22.4 Å². The van der Waals surface area contributed by atoms with Crippen LogP contribution in [0.15, 0.2) is 42.5 Å². The molecule has 2 heteroatoms. The lowest BCUT2D eigenvalue weighted by molar-refractivity contribution is 0.872. The maximum absolute atomic E-state index is 6.26. The van der Waals surface area contributed by atoms with Gasteiger partial charge in [0.1, 0.15) is 0 Å². The van der Waals surface area contributed by atoms with E-state index >= 15 is 0 Å². The molecule has 0 aromatic heterocycles. The van der Waals surface area contributed by atoms with Crippen LogP contribution < -0.4 is 11.5 Å². The zero-order valence-electron chi connectivity index (χ0n) is 10.3. The van der Waals surface area contributed by atoms with Gasteiger partial charge in [-0.05, 0) is 36.6 Å². The van der Waals surface area contributed by atoms with Crippen LogP contribution in [0.4, 0.5) is 5.69 Å². The average Bonchev–Trinajstić information content (AvgIpc) is 2.28. The molecule has 2 nitrogen and oxygen atoms in total. The summed E-state index contributed by atoms with van der Waals surface area (Å²) >= 11 is 0. The molecule has 1 unspecified atom stereocenters. The zero-order chi connectivity index (χ0) is 12.4. The van der Waals surface area contributed by atoms with Gasteiger partial charge in [-0.3, -0.25) is 0 Å².